The van der Waals surface area contributed by atoms with Crippen molar-refractivity contribution in [2.75, 3.05) is 11.9 Å². The molecule has 0 aromatic carbocycles. The molecule has 2 amide bonds. The zero-order valence-corrected chi connectivity index (χ0v) is 18.7. The van der Waals surface area contributed by atoms with Crippen LogP contribution in [0.4, 0.5) is 18.2 Å². The van der Waals surface area contributed by atoms with Gasteiger partial charge in [0.1, 0.15) is 22.8 Å². The standard InChI is InChI=1S/C21H22F3N3O5S/c1-3-32-20(31)16-11-5-4-10(2)8-13(11)33-18(16)26-15(28)9-27-14(21(22,23)24)7-6-12(17(25)29)19(27)30/h6-7,10H,3-5,8-9H2,1-2H3,(H2,25,29)(H,26,28)/t10-/m1/s1. The second kappa shape index (κ2) is 9.38. The van der Waals surface area contributed by atoms with Crippen molar-refractivity contribution in [3.8, 4) is 0 Å². The Morgan fingerprint density at radius 1 is 1.30 bits per heavy atom. The average molecular weight is 485 g/mol. The number of carbonyl (C=O) groups excluding carboxylic acids is 3. The summed E-state index contributed by atoms with van der Waals surface area (Å²) in [5, 5.41) is 2.62. The first-order chi connectivity index (χ1) is 15.4. The van der Waals surface area contributed by atoms with Crippen LogP contribution in [0.1, 0.15) is 57.1 Å². The Morgan fingerprint density at radius 2 is 2.00 bits per heavy atom. The van der Waals surface area contributed by atoms with Crippen LogP contribution in [-0.4, -0.2) is 29.0 Å². The van der Waals surface area contributed by atoms with E-state index < -0.39 is 47.3 Å². The maximum Gasteiger partial charge on any atom is 0.431 e. The lowest BCUT2D eigenvalue weighted by Crippen LogP contribution is -2.36. The lowest BCUT2D eigenvalue weighted by molar-refractivity contribution is -0.144. The number of hydrogen-bond donors (Lipinski definition) is 2. The highest BCUT2D eigenvalue weighted by atomic mass is 32.1. The van der Waals surface area contributed by atoms with Gasteiger partial charge in [-0.05, 0) is 49.8 Å². The van der Waals surface area contributed by atoms with E-state index in [1.54, 1.807) is 6.92 Å². The molecule has 1 aliphatic rings. The van der Waals surface area contributed by atoms with Gasteiger partial charge in [0.25, 0.3) is 11.5 Å². The molecule has 0 bridgehead atoms. The number of carbonyl (C=O) groups is 3. The number of primary amides is 1. The van der Waals surface area contributed by atoms with Crippen LogP contribution >= 0.6 is 11.3 Å². The molecule has 0 saturated heterocycles. The van der Waals surface area contributed by atoms with Gasteiger partial charge in [-0.2, -0.15) is 13.2 Å². The van der Waals surface area contributed by atoms with Crippen molar-refractivity contribution in [3.05, 3.63) is 49.7 Å². The number of thiophene rings is 1. The first kappa shape index (κ1) is 24.5. The number of esters is 1. The molecule has 0 radical (unpaired) electrons. The topological polar surface area (TPSA) is 120 Å². The van der Waals surface area contributed by atoms with Gasteiger partial charge >= 0.3 is 12.1 Å². The molecule has 3 N–H and O–H groups in total. The fraction of sp³-hybridized carbons (Fsp3) is 0.429. The number of halogens is 3. The van der Waals surface area contributed by atoms with Gasteiger partial charge in [-0.3, -0.25) is 19.0 Å². The van der Waals surface area contributed by atoms with Gasteiger partial charge in [-0.1, -0.05) is 6.92 Å². The van der Waals surface area contributed by atoms with Crippen molar-refractivity contribution in [2.45, 2.75) is 45.8 Å². The second-order valence-corrected chi connectivity index (χ2v) is 8.82. The molecular weight excluding hydrogens is 463 g/mol. The number of pyridine rings is 1. The Hall–Kier alpha value is -3.15. The summed E-state index contributed by atoms with van der Waals surface area (Å²) in [4.78, 5) is 50.0. The lowest BCUT2D eigenvalue weighted by atomic mass is 9.88. The number of hydrogen-bond acceptors (Lipinski definition) is 6. The maximum atomic E-state index is 13.4. The average Bonchev–Trinajstić information content (AvgIpc) is 3.05. The number of ether oxygens (including phenoxy) is 1. The number of rotatable bonds is 6. The van der Waals surface area contributed by atoms with Crippen molar-refractivity contribution >= 4 is 34.1 Å². The van der Waals surface area contributed by atoms with Crippen molar-refractivity contribution < 1.29 is 32.3 Å². The second-order valence-electron chi connectivity index (χ2n) is 7.71. The first-order valence-electron chi connectivity index (χ1n) is 10.2. The Bertz CT molecular complexity index is 1170. The predicted octanol–water partition coefficient (Wildman–Crippen LogP) is 2.97. The van der Waals surface area contributed by atoms with E-state index in [-0.39, 0.29) is 21.7 Å². The van der Waals surface area contributed by atoms with E-state index in [0.29, 0.717) is 30.9 Å². The van der Waals surface area contributed by atoms with Crippen molar-refractivity contribution in [1.82, 2.24) is 4.57 Å². The highest BCUT2D eigenvalue weighted by molar-refractivity contribution is 7.17. The van der Waals surface area contributed by atoms with Gasteiger partial charge in [0, 0.05) is 4.88 Å². The molecule has 0 spiro atoms. The minimum Gasteiger partial charge on any atom is -0.462 e. The Morgan fingerprint density at radius 3 is 2.61 bits per heavy atom. The summed E-state index contributed by atoms with van der Waals surface area (Å²) < 4.78 is 45.5. The highest BCUT2D eigenvalue weighted by Gasteiger charge is 2.36. The zero-order valence-electron chi connectivity index (χ0n) is 17.9. The quantitative estimate of drug-likeness (QED) is 0.610. The van der Waals surface area contributed by atoms with Gasteiger partial charge in [0.15, 0.2) is 0 Å². The van der Waals surface area contributed by atoms with Gasteiger partial charge < -0.3 is 15.8 Å². The van der Waals surface area contributed by atoms with Gasteiger partial charge in [0.05, 0.1) is 12.2 Å². The molecular formula is C21H22F3N3O5S. The molecule has 178 valence electrons. The summed E-state index contributed by atoms with van der Waals surface area (Å²) in [6.07, 6.45) is -2.81. The number of fused-ring (bicyclic) bond motifs is 1. The Balaban J connectivity index is 1.98. The van der Waals surface area contributed by atoms with Crippen LogP contribution in [0.15, 0.2) is 16.9 Å². The molecule has 1 aliphatic carbocycles. The SMILES string of the molecule is CCOC(=O)c1c(NC(=O)Cn2c(C(F)(F)F)ccc(C(N)=O)c2=O)sc2c1CC[C@@H](C)C2. The molecule has 33 heavy (non-hydrogen) atoms. The smallest absolute Gasteiger partial charge is 0.431 e. The molecule has 1 atom stereocenters. The number of nitrogens with zero attached hydrogens (tertiary/aromatic N) is 1. The number of nitrogens with two attached hydrogens (primary N) is 1. The van der Waals surface area contributed by atoms with E-state index in [1.165, 1.54) is 0 Å². The number of anilines is 1. The summed E-state index contributed by atoms with van der Waals surface area (Å²) in [5.74, 6) is -2.45. The molecule has 0 fully saturated rings. The van der Waals surface area contributed by atoms with Crippen LogP contribution in [0.25, 0.3) is 0 Å². The molecule has 0 aliphatic heterocycles. The summed E-state index contributed by atoms with van der Waals surface area (Å²) in [6.45, 7) is 2.77. The van der Waals surface area contributed by atoms with E-state index in [4.69, 9.17) is 10.5 Å². The van der Waals surface area contributed by atoms with Crippen LogP contribution in [0.2, 0.25) is 0 Å². The van der Waals surface area contributed by atoms with Gasteiger partial charge in [0.2, 0.25) is 5.91 Å². The summed E-state index contributed by atoms with van der Waals surface area (Å²) >= 11 is 1.16. The van der Waals surface area contributed by atoms with Crippen LogP contribution < -0.4 is 16.6 Å². The maximum absolute atomic E-state index is 13.4. The third-order valence-corrected chi connectivity index (χ3v) is 6.45. The van der Waals surface area contributed by atoms with E-state index >= 15 is 0 Å². The van der Waals surface area contributed by atoms with Crippen molar-refractivity contribution in [3.63, 3.8) is 0 Å². The highest BCUT2D eigenvalue weighted by Crippen LogP contribution is 2.40. The Kier molecular flexibility index (Phi) is 6.96. The number of aromatic nitrogens is 1. The largest absolute Gasteiger partial charge is 0.462 e. The van der Waals surface area contributed by atoms with E-state index in [9.17, 15) is 32.3 Å². The lowest BCUT2D eigenvalue weighted by Gasteiger charge is -2.18. The monoisotopic (exact) mass is 485 g/mol. The van der Waals surface area contributed by atoms with Gasteiger partial charge in [-0.15, -0.1) is 11.3 Å². The fourth-order valence-corrected chi connectivity index (χ4v) is 5.15. The molecule has 0 saturated carbocycles. The number of alkyl halides is 3. The molecule has 3 rings (SSSR count). The van der Waals surface area contributed by atoms with E-state index in [2.05, 4.69) is 12.2 Å². The van der Waals surface area contributed by atoms with Crippen LogP contribution in [0.3, 0.4) is 0 Å². The third-order valence-electron chi connectivity index (χ3n) is 5.28. The predicted molar refractivity (Wildman–Crippen MR) is 114 cm³/mol. The molecule has 0 unspecified atom stereocenters. The molecule has 8 nitrogen and oxygen atoms in total. The van der Waals surface area contributed by atoms with E-state index in [0.717, 1.165) is 28.2 Å². The van der Waals surface area contributed by atoms with E-state index in [1.807, 2.05) is 0 Å². The molecule has 2 aromatic rings. The minimum absolute atomic E-state index is 0.109. The van der Waals surface area contributed by atoms with Crippen LogP contribution in [0, 0.1) is 5.92 Å². The van der Waals surface area contributed by atoms with Crippen LogP contribution in [-0.2, 0) is 35.1 Å². The summed E-state index contributed by atoms with van der Waals surface area (Å²) in [7, 11) is 0. The third kappa shape index (κ3) is 5.10. The first-order valence-corrected chi connectivity index (χ1v) is 11.0. The zero-order chi connectivity index (χ0) is 24.5. The molecule has 12 heteroatoms. The minimum atomic E-state index is -4.95. The fourth-order valence-electron chi connectivity index (χ4n) is 3.74. The van der Waals surface area contributed by atoms with Crippen molar-refractivity contribution in [2.24, 2.45) is 11.7 Å². The normalized spacial score (nSPS) is 15.6. The van der Waals surface area contributed by atoms with Crippen molar-refractivity contribution in [1.29, 1.82) is 0 Å². The van der Waals surface area contributed by atoms with Gasteiger partial charge in [-0.25, -0.2) is 4.79 Å². The molecule has 2 aromatic heterocycles. The summed E-state index contributed by atoms with van der Waals surface area (Å²) in [6, 6.07) is 1.19. The Labute approximate surface area is 190 Å². The number of amides is 2. The number of nitrogens with one attached hydrogen (secondary N) is 1. The molecule has 2 heterocycles. The summed E-state index contributed by atoms with van der Waals surface area (Å²) in [5.41, 5.74) is 2.59. The van der Waals surface area contributed by atoms with Crippen LogP contribution in [0.5, 0.6) is 0 Å².